The molecule has 1 fully saturated rings. The van der Waals surface area contributed by atoms with Gasteiger partial charge in [-0.3, -0.25) is 9.59 Å². The summed E-state index contributed by atoms with van der Waals surface area (Å²) in [5.74, 6) is -0.696. The topological polar surface area (TPSA) is 61.8 Å². The molecule has 1 N–H and O–H groups in total. The Hall–Kier alpha value is -1.89. The number of hydrogen-bond acceptors (Lipinski definition) is 4. The normalized spacial score (nSPS) is 20.4. The summed E-state index contributed by atoms with van der Waals surface area (Å²) < 4.78 is 13.5. The summed E-state index contributed by atoms with van der Waals surface area (Å²) >= 11 is 1.38. The Balaban J connectivity index is 1.42. The summed E-state index contributed by atoms with van der Waals surface area (Å²) in [6.07, 6.45) is 2.78. The van der Waals surface area contributed by atoms with Crippen LogP contribution in [0.3, 0.4) is 0 Å². The lowest BCUT2D eigenvalue weighted by Gasteiger charge is -2.16. The van der Waals surface area contributed by atoms with Gasteiger partial charge in [-0.1, -0.05) is 30.0 Å². The SMILES string of the molecule is O=C(CC1SC(N2CCCC2)=NC1=O)NCCc1ccccc1F. The van der Waals surface area contributed by atoms with Gasteiger partial charge in [-0.05, 0) is 30.9 Å². The molecule has 2 aliphatic heterocycles. The first-order valence-corrected chi connectivity index (χ1v) is 9.05. The highest BCUT2D eigenvalue weighted by Crippen LogP contribution is 2.28. The van der Waals surface area contributed by atoms with Crippen LogP contribution in [-0.4, -0.2) is 46.8 Å². The Morgan fingerprint density at radius 2 is 2.08 bits per heavy atom. The fraction of sp³-hybridized carbons (Fsp3) is 0.471. The Labute approximate surface area is 144 Å². The number of amides is 2. The van der Waals surface area contributed by atoms with Gasteiger partial charge in [0.15, 0.2) is 5.17 Å². The average Bonchev–Trinajstić information content (AvgIpc) is 3.20. The molecule has 0 saturated carbocycles. The van der Waals surface area contributed by atoms with E-state index in [1.54, 1.807) is 18.2 Å². The van der Waals surface area contributed by atoms with Crippen LogP contribution >= 0.6 is 11.8 Å². The number of nitrogens with one attached hydrogen (secondary N) is 1. The predicted molar refractivity (Wildman–Crippen MR) is 92.4 cm³/mol. The molecule has 5 nitrogen and oxygen atoms in total. The molecule has 1 atom stereocenters. The third-order valence-corrected chi connectivity index (χ3v) is 5.36. The number of hydrogen-bond donors (Lipinski definition) is 1. The third kappa shape index (κ3) is 4.14. The van der Waals surface area contributed by atoms with Crippen LogP contribution in [0.15, 0.2) is 29.3 Å². The van der Waals surface area contributed by atoms with Gasteiger partial charge in [0.05, 0.1) is 0 Å². The monoisotopic (exact) mass is 349 g/mol. The van der Waals surface area contributed by atoms with Crippen LogP contribution in [0.25, 0.3) is 0 Å². The first kappa shape index (κ1) is 17.0. The summed E-state index contributed by atoms with van der Waals surface area (Å²) in [4.78, 5) is 30.2. The maximum Gasteiger partial charge on any atom is 0.262 e. The van der Waals surface area contributed by atoms with E-state index < -0.39 is 5.25 Å². The zero-order valence-electron chi connectivity index (χ0n) is 13.3. The van der Waals surface area contributed by atoms with Crippen molar-refractivity contribution < 1.29 is 14.0 Å². The Kier molecular flexibility index (Phi) is 5.50. The van der Waals surface area contributed by atoms with Crippen molar-refractivity contribution in [3.63, 3.8) is 0 Å². The first-order valence-electron chi connectivity index (χ1n) is 8.18. The summed E-state index contributed by atoms with van der Waals surface area (Å²) in [7, 11) is 0. The first-order chi connectivity index (χ1) is 11.6. The van der Waals surface area contributed by atoms with Crippen molar-refractivity contribution in [1.82, 2.24) is 10.2 Å². The lowest BCUT2D eigenvalue weighted by Crippen LogP contribution is -2.30. The minimum absolute atomic E-state index is 0.113. The van der Waals surface area contributed by atoms with Crippen LogP contribution in [0.5, 0.6) is 0 Å². The Morgan fingerprint density at radius 3 is 2.83 bits per heavy atom. The van der Waals surface area contributed by atoms with Crippen molar-refractivity contribution in [1.29, 1.82) is 0 Å². The van der Waals surface area contributed by atoms with E-state index in [4.69, 9.17) is 0 Å². The molecule has 2 amide bonds. The fourth-order valence-corrected chi connectivity index (χ4v) is 3.95. The van der Waals surface area contributed by atoms with Gasteiger partial charge in [0, 0.05) is 26.1 Å². The zero-order valence-corrected chi connectivity index (χ0v) is 14.2. The number of amidine groups is 1. The van der Waals surface area contributed by atoms with Crippen molar-refractivity contribution >= 4 is 28.7 Å². The lowest BCUT2D eigenvalue weighted by atomic mass is 10.1. The van der Waals surface area contributed by atoms with Gasteiger partial charge >= 0.3 is 0 Å². The van der Waals surface area contributed by atoms with E-state index in [2.05, 4.69) is 15.2 Å². The van der Waals surface area contributed by atoms with Gasteiger partial charge in [-0.15, -0.1) is 0 Å². The molecule has 0 aliphatic carbocycles. The van der Waals surface area contributed by atoms with Crippen molar-refractivity contribution in [2.24, 2.45) is 4.99 Å². The van der Waals surface area contributed by atoms with Crippen LogP contribution < -0.4 is 5.32 Å². The minimum atomic E-state index is -0.436. The van der Waals surface area contributed by atoms with Gasteiger partial charge in [-0.2, -0.15) is 4.99 Å². The molecular formula is C17H20FN3O2S. The molecular weight excluding hydrogens is 329 g/mol. The molecule has 1 saturated heterocycles. The molecule has 2 heterocycles. The number of rotatable bonds is 5. The van der Waals surface area contributed by atoms with Crippen LogP contribution in [0.1, 0.15) is 24.8 Å². The maximum atomic E-state index is 13.5. The van der Waals surface area contributed by atoms with E-state index in [9.17, 15) is 14.0 Å². The predicted octanol–water partition coefficient (Wildman–Crippen LogP) is 1.97. The van der Waals surface area contributed by atoms with Gasteiger partial charge in [0.2, 0.25) is 5.91 Å². The number of thioether (sulfide) groups is 1. The van der Waals surface area contributed by atoms with E-state index in [-0.39, 0.29) is 24.1 Å². The van der Waals surface area contributed by atoms with E-state index in [1.165, 1.54) is 17.8 Å². The van der Waals surface area contributed by atoms with E-state index in [0.29, 0.717) is 18.5 Å². The van der Waals surface area contributed by atoms with Crippen molar-refractivity contribution in [2.75, 3.05) is 19.6 Å². The fourth-order valence-electron chi connectivity index (χ4n) is 2.83. The summed E-state index contributed by atoms with van der Waals surface area (Å²) in [6.45, 7) is 2.21. The number of aliphatic imine (C=N–C) groups is 1. The molecule has 0 bridgehead atoms. The van der Waals surface area contributed by atoms with E-state index >= 15 is 0 Å². The molecule has 0 spiro atoms. The smallest absolute Gasteiger partial charge is 0.262 e. The number of halogens is 1. The molecule has 3 rings (SSSR count). The number of carbonyl (C=O) groups is 2. The van der Waals surface area contributed by atoms with Gasteiger partial charge in [0.1, 0.15) is 11.1 Å². The second-order valence-corrected chi connectivity index (χ2v) is 7.10. The van der Waals surface area contributed by atoms with Gasteiger partial charge < -0.3 is 10.2 Å². The highest BCUT2D eigenvalue weighted by atomic mass is 32.2. The van der Waals surface area contributed by atoms with Gasteiger partial charge in [0.25, 0.3) is 5.91 Å². The quantitative estimate of drug-likeness (QED) is 0.883. The number of likely N-dealkylation sites (tertiary alicyclic amines) is 1. The highest BCUT2D eigenvalue weighted by Gasteiger charge is 2.33. The van der Waals surface area contributed by atoms with Gasteiger partial charge in [-0.25, -0.2) is 4.39 Å². The van der Waals surface area contributed by atoms with E-state index in [1.807, 2.05) is 0 Å². The molecule has 1 unspecified atom stereocenters. The zero-order chi connectivity index (χ0) is 16.9. The van der Waals surface area contributed by atoms with Crippen molar-refractivity contribution in [3.05, 3.63) is 35.6 Å². The van der Waals surface area contributed by atoms with Crippen molar-refractivity contribution in [3.8, 4) is 0 Å². The van der Waals surface area contributed by atoms with Crippen LogP contribution in [0.2, 0.25) is 0 Å². The standard InChI is InChI=1S/C17H20FN3O2S/c18-13-6-2-1-5-12(13)7-8-19-15(22)11-14-16(23)20-17(24-14)21-9-3-4-10-21/h1-2,5-6,14H,3-4,7-11H2,(H,19,22). The second-order valence-electron chi connectivity index (χ2n) is 5.93. The molecule has 0 aromatic heterocycles. The molecule has 24 heavy (non-hydrogen) atoms. The summed E-state index contributed by atoms with van der Waals surface area (Å²) in [6, 6.07) is 6.51. The molecule has 0 radical (unpaired) electrons. The van der Waals surface area contributed by atoms with Crippen LogP contribution in [0, 0.1) is 5.82 Å². The largest absolute Gasteiger partial charge is 0.356 e. The third-order valence-electron chi connectivity index (χ3n) is 4.15. The van der Waals surface area contributed by atoms with E-state index in [0.717, 1.165) is 31.1 Å². The Morgan fingerprint density at radius 1 is 1.33 bits per heavy atom. The van der Waals surface area contributed by atoms with Crippen LogP contribution in [-0.2, 0) is 16.0 Å². The second kappa shape index (κ2) is 7.79. The summed E-state index contributed by atoms with van der Waals surface area (Å²) in [5.41, 5.74) is 0.573. The molecule has 2 aliphatic rings. The summed E-state index contributed by atoms with van der Waals surface area (Å²) in [5, 5.41) is 3.07. The number of nitrogens with zero attached hydrogens (tertiary/aromatic N) is 2. The maximum absolute atomic E-state index is 13.5. The molecule has 128 valence electrons. The molecule has 7 heteroatoms. The minimum Gasteiger partial charge on any atom is -0.356 e. The Bertz CT molecular complexity index is 659. The molecule has 1 aromatic carbocycles. The highest BCUT2D eigenvalue weighted by molar-refractivity contribution is 8.15. The lowest BCUT2D eigenvalue weighted by molar-refractivity contribution is -0.124. The number of carbonyl (C=O) groups excluding carboxylic acids is 2. The van der Waals surface area contributed by atoms with Crippen molar-refractivity contribution in [2.45, 2.75) is 30.9 Å². The average molecular weight is 349 g/mol. The molecule has 1 aromatic rings. The van der Waals surface area contributed by atoms with Crippen LogP contribution in [0.4, 0.5) is 4.39 Å². The number of benzene rings is 1.